The van der Waals surface area contributed by atoms with Crippen molar-refractivity contribution < 1.29 is 13.2 Å². The summed E-state index contributed by atoms with van der Waals surface area (Å²) in [5.41, 5.74) is 5.75. The average molecular weight is 768 g/mol. The molecule has 0 radical (unpaired) electrons. The minimum atomic E-state index is -4.07. The fraction of sp³-hybridized carbons (Fsp3) is 0.262. The molecule has 5 aromatic rings. The molecule has 11 heteroatoms. The monoisotopic (exact) mass is 767 g/mol. The van der Waals surface area contributed by atoms with Crippen LogP contribution in [0.2, 0.25) is 5.02 Å². The van der Waals surface area contributed by atoms with Crippen molar-refractivity contribution in [1.82, 2.24) is 14.5 Å². The van der Waals surface area contributed by atoms with Crippen molar-refractivity contribution in [3.63, 3.8) is 0 Å². The first-order valence-electron chi connectivity index (χ1n) is 17.8. The van der Waals surface area contributed by atoms with Crippen LogP contribution in [-0.4, -0.2) is 82.7 Å². The van der Waals surface area contributed by atoms with Crippen molar-refractivity contribution in [3.8, 4) is 11.1 Å². The number of amides is 1. The van der Waals surface area contributed by atoms with E-state index in [0.717, 1.165) is 73.4 Å². The Morgan fingerprint density at radius 2 is 1.47 bits per heavy atom. The molecule has 1 aliphatic heterocycles. The van der Waals surface area contributed by atoms with E-state index in [1.54, 1.807) is 36.0 Å². The lowest BCUT2D eigenvalue weighted by atomic mass is 9.99. The molecule has 1 amide bonds. The van der Waals surface area contributed by atoms with E-state index in [0.29, 0.717) is 0 Å². The Hall–Kier alpha value is -4.32. The second kappa shape index (κ2) is 18.1. The molecular formula is C42H46ClN5O3S2. The zero-order chi connectivity index (χ0) is 37.2. The van der Waals surface area contributed by atoms with Crippen molar-refractivity contribution >= 4 is 50.7 Å². The largest absolute Gasteiger partial charge is 0.381 e. The highest BCUT2D eigenvalue weighted by atomic mass is 35.5. The highest BCUT2D eigenvalue weighted by molar-refractivity contribution is 7.99. The normalized spacial score (nSPS) is 14.2. The van der Waals surface area contributed by atoms with Crippen LogP contribution in [-0.2, 0) is 16.6 Å². The number of halogens is 1. The number of nitrogens with one attached hydrogen (secondary N) is 2. The van der Waals surface area contributed by atoms with Gasteiger partial charge in [-0.3, -0.25) is 9.69 Å². The van der Waals surface area contributed by atoms with Crippen molar-refractivity contribution in [3.05, 3.63) is 144 Å². The van der Waals surface area contributed by atoms with Crippen LogP contribution in [0.5, 0.6) is 0 Å². The average Bonchev–Trinajstić information content (AvgIpc) is 3.17. The highest BCUT2D eigenvalue weighted by Crippen LogP contribution is 2.27. The van der Waals surface area contributed by atoms with Gasteiger partial charge in [0.05, 0.1) is 4.90 Å². The number of anilines is 2. The number of carbonyl (C=O) groups is 1. The van der Waals surface area contributed by atoms with E-state index >= 15 is 0 Å². The summed E-state index contributed by atoms with van der Waals surface area (Å²) in [6.45, 7) is 5.25. The second-order valence-electron chi connectivity index (χ2n) is 13.5. The van der Waals surface area contributed by atoms with Gasteiger partial charge >= 0.3 is 0 Å². The molecule has 53 heavy (non-hydrogen) atoms. The lowest BCUT2D eigenvalue weighted by Gasteiger charge is -2.36. The van der Waals surface area contributed by atoms with Crippen molar-refractivity contribution in [2.45, 2.75) is 28.8 Å². The first-order chi connectivity index (χ1) is 25.6. The molecule has 0 aromatic heterocycles. The minimum Gasteiger partial charge on any atom is -0.381 e. The first-order valence-corrected chi connectivity index (χ1v) is 20.7. The number of carbonyl (C=O) groups excluding carboxylic acids is 1. The molecular weight excluding hydrogens is 722 g/mol. The Bertz CT molecular complexity index is 2040. The zero-order valence-electron chi connectivity index (χ0n) is 30.1. The van der Waals surface area contributed by atoms with Crippen LogP contribution >= 0.6 is 23.4 Å². The van der Waals surface area contributed by atoms with Crippen LogP contribution in [0.15, 0.2) is 137 Å². The summed E-state index contributed by atoms with van der Waals surface area (Å²) < 4.78 is 28.6. The van der Waals surface area contributed by atoms with E-state index in [1.165, 1.54) is 28.2 Å². The quantitative estimate of drug-likeness (QED) is 0.104. The standard InChI is InChI=1S/C42H46ClN5O3S2/c1-46(2)25-24-37(31-52-39-9-4-3-5-10-39)44-36-18-22-40(23-19-36)53(50,51)45-42(49)33-14-20-38(21-15-33)48-28-26-47(27-29-48)30-34-8-6-7-11-41(34)32-12-16-35(43)17-13-32/h3-23,37,44H,24-31H2,1-2H3,(H,45,49). The van der Waals surface area contributed by atoms with Gasteiger partial charge in [0.25, 0.3) is 15.9 Å². The maximum Gasteiger partial charge on any atom is 0.264 e. The lowest BCUT2D eigenvalue weighted by molar-refractivity contribution is 0.0981. The van der Waals surface area contributed by atoms with E-state index in [9.17, 15) is 13.2 Å². The van der Waals surface area contributed by atoms with Gasteiger partial charge in [0, 0.05) is 71.4 Å². The van der Waals surface area contributed by atoms with Crippen LogP contribution in [0.25, 0.3) is 11.1 Å². The van der Waals surface area contributed by atoms with Gasteiger partial charge in [-0.05, 0) is 117 Å². The predicted molar refractivity (Wildman–Crippen MR) is 220 cm³/mol. The second-order valence-corrected chi connectivity index (χ2v) is 16.7. The molecule has 1 atom stereocenters. The van der Waals surface area contributed by atoms with Crippen LogP contribution in [0.1, 0.15) is 22.3 Å². The maximum atomic E-state index is 13.2. The molecule has 276 valence electrons. The Morgan fingerprint density at radius 3 is 2.15 bits per heavy atom. The number of sulfonamides is 1. The van der Waals surface area contributed by atoms with E-state index in [4.69, 9.17) is 11.6 Å². The molecule has 1 saturated heterocycles. The molecule has 0 aliphatic carbocycles. The third kappa shape index (κ3) is 10.9. The van der Waals surface area contributed by atoms with Gasteiger partial charge in [-0.15, -0.1) is 11.8 Å². The summed E-state index contributed by atoms with van der Waals surface area (Å²) >= 11 is 7.91. The maximum absolute atomic E-state index is 13.2. The highest BCUT2D eigenvalue weighted by Gasteiger charge is 2.22. The fourth-order valence-electron chi connectivity index (χ4n) is 6.33. The smallest absolute Gasteiger partial charge is 0.264 e. The first kappa shape index (κ1) is 38.4. The van der Waals surface area contributed by atoms with Gasteiger partial charge in [-0.2, -0.15) is 0 Å². The molecule has 1 unspecified atom stereocenters. The van der Waals surface area contributed by atoms with Gasteiger partial charge < -0.3 is 15.1 Å². The summed E-state index contributed by atoms with van der Waals surface area (Å²) in [5, 5.41) is 4.29. The number of benzene rings is 5. The number of nitrogens with zero attached hydrogens (tertiary/aromatic N) is 3. The van der Waals surface area contributed by atoms with Gasteiger partial charge in [0.1, 0.15) is 0 Å². The number of hydrogen-bond donors (Lipinski definition) is 2. The number of piperazine rings is 1. The predicted octanol–water partition coefficient (Wildman–Crippen LogP) is 7.97. The van der Waals surface area contributed by atoms with E-state index < -0.39 is 15.9 Å². The van der Waals surface area contributed by atoms with Gasteiger partial charge in [-0.1, -0.05) is 66.2 Å². The molecule has 0 spiro atoms. The number of rotatable bonds is 15. The molecule has 8 nitrogen and oxygen atoms in total. The van der Waals surface area contributed by atoms with Crippen molar-refractivity contribution in [1.29, 1.82) is 0 Å². The molecule has 0 bridgehead atoms. The summed E-state index contributed by atoms with van der Waals surface area (Å²) in [5.74, 6) is 0.202. The van der Waals surface area contributed by atoms with E-state index in [-0.39, 0.29) is 16.5 Å². The van der Waals surface area contributed by atoms with Crippen LogP contribution in [0.3, 0.4) is 0 Å². The fourth-order valence-corrected chi connectivity index (χ4v) is 8.42. The van der Waals surface area contributed by atoms with Gasteiger partial charge in [0.2, 0.25) is 0 Å². The summed E-state index contributed by atoms with van der Waals surface area (Å²) in [6, 6.07) is 40.6. The third-order valence-electron chi connectivity index (χ3n) is 9.32. The lowest BCUT2D eigenvalue weighted by Crippen LogP contribution is -2.46. The molecule has 0 saturated carbocycles. The molecule has 2 N–H and O–H groups in total. The Labute approximate surface area is 323 Å². The number of thioether (sulfide) groups is 1. The van der Waals surface area contributed by atoms with Crippen LogP contribution in [0, 0.1) is 0 Å². The Balaban J connectivity index is 1.00. The number of hydrogen-bond acceptors (Lipinski definition) is 8. The topological polar surface area (TPSA) is 85.0 Å². The van der Waals surface area contributed by atoms with Gasteiger partial charge in [0.15, 0.2) is 0 Å². The third-order valence-corrected chi connectivity index (χ3v) is 12.1. The summed E-state index contributed by atoms with van der Waals surface area (Å²) in [6.07, 6.45) is 0.929. The molecule has 1 fully saturated rings. The van der Waals surface area contributed by atoms with Crippen molar-refractivity contribution in [2.75, 3.05) is 62.8 Å². The zero-order valence-corrected chi connectivity index (χ0v) is 32.5. The van der Waals surface area contributed by atoms with Gasteiger partial charge in [-0.25, -0.2) is 13.1 Å². The summed E-state index contributed by atoms with van der Waals surface area (Å²) in [7, 11) is 0.0410. The van der Waals surface area contributed by atoms with Crippen LogP contribution < -0.4 is 14.9 Å². The van der Waals surface area contributed by atoms with E-state index in [1.807, 2.05) is 42.5 Å². The SMILES string of the molecule is CN(C)CCC(CSc1ccccc1)Nc1ccc(S(=O)(=O)NC(=O)c2ccc(N3CCN(Cc4ccccc4-c4ccc(Cl)cc4)CC3)cc2)cc1. The van der Waals surface area contributed by atoms with Crippen LogP contribution in [0.4, 0.5) is 11.4 Å². The Kier molecular flexibility index (Phi) is 13.1. The summed E-state index contributed by atoms with van der Waals surface area (Å²) in [4.78, 5) is 21.2. The Morgan fingerprint density at radius 1 is 0.811 bits per heavy atom. The molecule has 1 aliphatic rings. The molecule has 6 rings (SSSR count). The molecule has 5 aromatic carbocycles. The van der Waals surface area contributed by atoms with E-state index in [2.05, 4.69) is 87.4 Å². The molecule has 1 heterocycles. The minimum absolute atomic E-state index is 0.0326. The van der Waals surface area contributed by atoms with Crippen molar-refractivity contribution in [2.24, 2.45) is 0 Å².